The van der Waals surface area contributed by atoms with Gasteiger partial charge in [0.05, 0.1) is 4.90 Å². The third-order valence-corrected chi connectivity index (χ3v) is 5.59. The summed E-state index contributed by atoms with van der Waals surface area (Å²) in [6, 6.07) is 12.9. The SMILES string of the molecule is CCCCc1ccc(S(=O)(=O)Nc2ccc(C(C)C)c(C)c2)cc1. The average Bonchev–Trinajstić information content (AvgIpc) is 2.52. The first-order valence-corrected chi connectivity index (χ1v) is 10.0. The highest BCUT2D eigenvalue weighted by atomic mass is 32.2. The fourth-order valence-corrected chi connectivity index (χ4v) is 3.87. The second kappa shape index (κ2) is 7.84. The number of unbranched alkanes of at least 4 members (excludes halogenated alkanes) is 1. The summed E-state index contributed by atoms with van der Waals surface area (Å²) in [5.41, 5.74) is 4.11. The Morgan fingerprint density at radius 2 is 1.71 bits per heavy atom. The highest BCUT2D eigenvalue weighted by Crippen LogP contribution is 2.24. The van der Waals surface area contributed by atoms with Crippen LogP contribution < -0.4 is 4.72 Å². The molecule has 0 unspecified atom stereocenters. The first kappa shape index (κ1) is 18.5. The standard InChI is InChI=1S/C20H27NO2S/c1-5-6-7-17-8-11-19(12-9-17)24(22,23)21-18-10-13-20(15(2)3)16(4)14-18/h8-15,21H,5-7H2,1-4H3. The third-order valence-electron chi connectivity index (χ3n) is 4.20. The number of benzene rings is 2. The van der Waals surface area contributed by atoms with Crippen LogP contribution in [0.25, 0.3) is 0 Å². The number of hydrogen-bond donors (Lipinski definition) is 1. The maximum absolute atomic E-state index is 12.5. The number of sulfonamides is 1. The van der Waals surface area contributed by atoms with E-state index >= 15 is 0 Å². The minimum absolute atomic E-state index is 0.299. The van der Waals surface area contributed by atoms with E-state index in [9.17, 15) is 8.42 Å². The lowest BCUT2D eigenvalue weighted by atomic mass is 9.98. The zero-order valence-electron chi connectivity index (χ0n) is 15.0. The van der Waals surface area contributed by atoms with Gasteiger partial charge in [-0.15, -0.1) is 0 Å². The van der Waals surface area contributed by atoms with Gasteiger partial charge >= 0.3 is 0 Å². The van der Waals surface area contributed by atoms with Gasteiger partial charge in [0.15, 0.2) is 0 Å². The van der Waals surface area contributed by atoms with Gasteiger partial charge in [-0.1, -0.05) is 45.4 Å². The smallest absolute Gasteiger partial charge is 0.261 e. The van der Waals surface area contributed by atoms with Crippen LogP contribution >= 0.6 is 0 Å². The van der Waals surface area contributed by atoms with Crippen molar-refractivity contribution in [3.8, 4) is 0 Å². The van der Waals surface area contributed by atoms with E-state index in [1.807, 2.05) is 37.3 Å². The van der Waals surface area contributed by atoms with Crippen LogP contribution in [0.15, 0.2) is 47.4 Å². The zero-order valence-corrected chi connectivity index (χ0v) is 15.8. The normalized spacial score (nSPS) is 11.7. The molecule has 0 aromatic heterocycles. The van der Waals surface area contributed by atoms with E-state index in [2.05, 4.69) is 25.5 Å². The molecule has 0 aliphatic carbocycles. The van der Waals surface area contributed by atoms with E-state index in [0.717, 1.165) is 24.8 Å². The van der Waals surface area contributed by atoms with Crippen LogP contribution in [0.5, 0.6) is 0 Å². The van der Waals surface area contributed by atoms with Gasteiger partial charge in [-0.05, 0) is 66.6 Å². The molecule has 3 nitrogen and oxygen atoms in total. The molecule has 0 heterocycles. The topological polar surface area (TPSA) is 46.2 Å². The minimum Gasteiger partial charge on any atom is -0.280 e. The van der Waals surface area contributed by atoms with E-state index in [4.69, 9.17) is 0 Å². The van der Waals surface area contributed by atoms with Crippen molar-refractivity contribution in [2.45, 2.75) is 57.8 Å². The Bertz CT molecular complexity index is 778. The molecule has 0 fully saturated rings. The summed E-state index contributed by atoms with van der Waals surface area (Å²) in [6.07, 6.45) is 3.24. The van der Waals surface area contributed by atoms with Crippen molar-refractivity contribution >= 4 is 15.7 Å². The molecule has 2 aromatic carbocycles. The molecule has 0 amide bonds. The Morgan fingerprint density at radius 1 is 1.04 bits per heavy atom. The maximum atomic E-state index is 12.5. The van der Waals surface area contributed by atoms with E-state index in [1.165, 1.54) is 11.1 Å². The second-order valence-corrected chi connectivity index (χ2v) is 8.26. The van der Waals surface area contributed by atoms with Gasteiger partial charge in [0, 0.05) is 5.69 Å². The minimum atomic E-state index is -3.55. The van der Waals surface area contributed by atoms with Crippen molar-refractivity contribution in [1.29, 1.82) is 0 Å². The molecule has 1 N–H and O–H groups in total. The highest BCUT2D eigenvalue weighted by molar-refractivity contribution is 7.92. The van der Waals surface area contributed by atoms with Crippen LogP contribution in [0.3, 0.4) is 0 Å². The molecule has 0 aliphatic rings. The number of aryl methyl sites for hydroxylation is 2. The van der Waals surface area contributed by atoms with Crippen molar-refractivity contribution in [3.05, 3.63) is 59.2 Å². The van der Waals surface area contributed by atoms with Crippen LogP contribution in [0, 0.1) is 6.92 Å². The summed E-state index contributed by atoms with van der Waals surface area (Å²) in [5, 5.41) is 0. The van der Waals surface area contributed by atoms with Crippen LogP contribution in [-0.4, -0.2) is 8.42 Å². The highest BCUT2D eigenvalue weighted by Gasteiger charge is 2.15. The second-order valence-electron chi connectivity index (χ2n) is 6.58. The Labute approximate surface area is 146 Å². The van der Waals surface area contributed by atoms with Gasteiger partial charge in [0.25, 0.3) is 10.0 Å². The quantitative estimate of drug-likeness (QED) is 0.744. The van der Waals surface area contributed by atoms with E-state index in [-0.39, 0.29) is 0 Å². The summed E-state index contributed by atoms with van der Waals surface area (Å²) in [6.45, 7) is 8.42. The lowest BCUT2D eigenvalue weighted by Crippen LogP contribution is -2.13. The fraction of sp³-hybridized carbons (Fsp3) is 0.400. The van der Waals surface area contributed by atoms with Gasteiger partial charge in [-0.3, -0.25) is 4.72 Å². The fourth-order valence-electron chi connectivity index (χ4n) is 2.82. The van der Waals surface area contributed by atoms with Crippen molar-refractivity contribution in [2.75, 3.05) is 4.72 Å². The summed E-state index contributed by atoms with van der Waals surface area (Å²) in [5.74, 6) is 0.423. The van der Waals surface area contributed by atoms with E-state index in [0.29, 0.717) is 16.5 Å². The summed E-state index contributed by atoms with van der Waals surface area (Å²) < 4.78 is 27.8. The van der Waals surface area contributed by atoms with Crippen LogP contribution in [0.1, 0.15) is 56.2 Å². The first-order valence-electron chi connectivity index (χ1n) is 8.56. The lowest BCUT2D eigenvalue weighted by Gasteiger charge is -2.13. The van der Waals surface area contributed by atoms with E-state index < -0.39 is 10.0 Å². The Kier molecular flexibility index (Phi) is 6.05. The maximum Gasteiger partial charge on any atom is 0.261 e. The molecular weight excluding hydrogens is 318 g/mol. The average molecular weight is 346 g/mol. The molecule has 24 heavy (non-hydrogen) atoms. The van der Waals surface area contributed by atoms with Gasteiger partial charge in [0.1, 0.15) is 0 Å². The van der Waals surface area contributed by atoms with Crippen molar-refractivity contribution in [2.24, 2.45) is 0 Å². The Hall–Kier alpha value is -1.81. The first-order chi connectivity index (χ1) is 11.3. The summed E-state index contributed by atoms with van der Waals surface area (Å²) in [7, 11) is -3.55. The molecule has 0 radical (unpaired) electrons. The Balaban J connectivity index is 2.17. The number of rotatable bonds is 7. The molecule has 0 saturated carbocycles. The Morgan fingerprint density at radius 3 is 2.25 bits per heavy atom. The van der Waals surface area contributed by atoms with Crippen LogP contribution in [-0.2, 0) is 16.4 Å². The molecular formula is C20H27NO2S. The molecule has 0 bridgehead atoms. The molecule has 0 spiro atoms. The summed E-state index contributed by atoms with van der Waals surface area (Å²) in [4.78, 5) is 0.299. The molecule has 2 rings (SSSR count). The third kappa shape index (κ3) is 4.60. The predicted octanol–water partition coefficient (Wildman–Crippen LogP) is 5.26. The van der Waals surface area contributed by atoms with Crippen LogP contribution in [0.2, 0.25) is 0 Å². The lowest BCUT2D eigenvalue weighted by molar-refractivity contribution is 0.601. The number of hydrogen-bond acceptors (Lipinski definition) is 2. The van der Waals surface area contributed by atoms with Gasteiger partial charge in [-0.2, -0.15) is 0 Å². The van der Waals surface area contributed by atoms with Crippen molar-refractivity contribution in [3.63, 3.8) is 0 Å². The van der Waals surface area contributed by atoms with Gasteiger partial charge in [-0.25, -0.2) is 8.42 Å². The van der Waals surface area contributed by atoms with Crippen molar-refractivity contribution < 1.29 is 8.42 Å². The molecule has 130 valence electrons. The molecule has 0 aliphatic heterocycles. The van der Waals surface area contributed by atoms with Crippen molar-refractivity contribution in [1.82, 2.24) is 0 Å². The largest absolute Gasteiger partial charge is 0.280 e. The predicted molar refractivity (Wildman–Crippen MR) is 101 cm³/mol. The summed E-state index contributed by atoms with van der Waals surface area (Å²) >= 11 is 0. The molecule has 4 heteroatoms. The molecule has 0 saturated heterocycles. The van der Waals surface area contributed by atoms with Gasteiger partial charge in [0.2, 0.25) is 0 Å². The molecule has 0 atom stereocenters. The number of anilines is 1. The van der Waals surface area contributed by atoms with Crippen LogP contribution in [0.4, 0.5) is 5.69 Å². The van der Waals surface area contributed by atoms with Gasteiger partial charge < -0.3 is 0 Å². The molecule has 2 aromatic rings. The monoisotopic (exact) mass is 345 g/mol. The van der Waals surface area contributed by atoms with E-state index in [1.54, 1.807) is 12.1 Å². The number of nitrogens with one attached hydrogen (secondary N) is 1. The zero-order chi connectivity index (χ0) is 17.7.